The lowest BCUT2D eigenvalue weighted by Crippen LogP contribution is -2.16. The summed E-state index contributed by atoms with van der Waals surface area (Å²) in [5, 5.41) is 42.6. The predicted molar refractivity (Wildman–Crippen MR) is 94.0 cm³/mol. The fraction of sp³-hybridized carbons (Fsp3) is 0.333. The van der Waals surface area contributed by atoms with Gasteiger partial charge in [-0.2, -0.15) is 0 Å². The molecule has 2 aromatic rings. The van der Waals surface area contributed by atoms with Gasteiger partial charge in [0.15, 0.2) is 0 Å². The molecule has 6 nitrogen and oxygen atoms in total. The van der Waals surface area contributed by atoms with Crippen molar-refractivity contribution in [3.63, 3.8) is 0 Å². The third-order valence-electron chi connectivity index (χ3n) is 3.35. The number of likely N-dealkylation sites (N-methyl/N-ethyl adjacent to an activating group) is 2. The third-order valence-corrected chi connectivity index (χ3v) is 3.35. The molecule has 2 atom stereocenters. The minimum absolute atomic E-state index is 0.218. The Morgan fingerprint density at radius 1 is 0.667 bits per heavy atom. The van der Waals surface area contributed by atoms with E-state index in [0.717, 1.165) is 11.1 Å². The zero-order valence-corrected chi connectivity index (χ0v) is 14.0. The van der Waals surface area contributed by atoms with E-state index >= 15 is 0 Å². The molecule has 6 N–H and O–H groups in total. The van der Waals surface area contributed by atoms with E-state index in [1.807, 2.05) is 0 Å². The minimum Gasteiger partial charge on any atom is -0.508 e. The van der Waals surface area contributed by atoms with Crippen LogP contribution in [0.4, 0.5) is 0 Å². The molecule has 0 aliphatic rings. The van der Waals surface area contributed by atoms with Crippen molar-refractivity contribution in [3.05, 3.63) is 59.7 Å². The van der Waals surface area contributed by atoms with Gasteiger partial charge in [-0.15, -0.1) is 0 Å². The van der Waals surface area contributed by atoms with E-state index < -0.39 is 12.2 Å². The molecule has 6 heteroatoms. The molecule has 2 unspecified atom stereocenters. The molecular formula is C18H26N2O4. The second-order valence-corrected chi connectivity index (χ2v) is 5.33. The number of aromatic hydroxyl groups is 2. The van der Waals surface area contributed by atoms with Crippen LogP contribution in [0.5, 0.6) is 11.5 Å². The zero-order valence-electron chi connectivity index (χ0n) is 14.0. The summed E-state index contributed by atoms with van der Waals surface area (Å²) >= 11 is 0. The average molecular weight is 334 g/mol. The maximum absolute atomic E-state index is 9.47. The fourth-order valence-electron chi connectivity index (χ4n) is 2.02. The van der Waals surface area contributed by atoms with Crippen LogP contribution in [0, 0.1) is 0 Å². The van der Waals surface area contributed by atoms with E-state index in [0.29, 0.717) is 13.1 Å². The molecule has 0 aliphatic heterocycles. The quantitative estimate of drug-likeness (QED) is 0.476. The molecule has 0 saturated heterocycles. The van der Waals surface area contributed by atoms with Crippen LogP contribution in [0.25, 0.3) is 0 Å². The Hall–Kier alpha value is -2.12. The highest BCUT2D eigenvalue weighted by atomic mass is 16.3. The van der Waals surface area contributed by atoms with E-state index in [1.165, 1.54) is 0 Å². The van der Waals surface area contributed by atoms with Crippen molar-refractivity contribution in [3.8, 4) is 11.5 Å². The van der Waals surface area contributed by atoms with Crippen LogP contribution in [0.15, 0.2) is 48.5 Å². The van der Waals surface area contributed by atoms with Crippen molar-refractivity contribution in [1.29, 1.82) is 0 Å². The number of aliphatic hydroxyl groups is 2. The SMILES string of the molecule is CNCC(O)c1ccc(O)cc1.CNCC(O)c1ccc(O)cc1. The molecule has 132 valence electrons. The van der Waals surface area contributed by atoms with Crippen LogP contribution in [0.1, 0.15) is 23.3 Å². The molecule has 0 aromatic heterocycles. The number of rotatable bonds is 6. The van der Waals surface area contributed by atoms with Crippen LogP contribution in [0.2, 0.25) is 0 Å². The van der Waals surface area contributed by atoms with Gasteiger partial charge >= 0.3 is 0 Å². The first-order chi connectivity index (χ1) is 11.5. The average Bonchev–Trinajstić information content (AvgIpc) is 2.57. The monoisotopic (exact) mass is 334 g/mol. The smallest absolute Gasteiger partial charge is 0.115 e. The summed E-state index contributed by atoms with van der Waals surface area (Å²) in [6, 6.07) is 13.1. The Morgan fingerprint density at radius 3 is 1.21 bits per heavy atom. The molecule has 24 heavy (non-hydrogen) atoms. The van der Waals surface area contributed by atoms with Gasteiger partial charge in [-0.25, -0.2) is 0 Å². The molecular weight excluding hydrogens is 308 g/mol. The molecule has 0 radical (unpaired) electrons. The van der Waals surface area contributed by atoms with Gasteiger partial charge in [-0.3, -0.25) is 0 Å². The molecule has 0 saturated carbocycles. The van der Waals surface area contributed by atoms with Crippen LogP contribution in [0.3, 0.4) is 0 Å². The highest BCUT2D eigenvalue weighted by Crippen LogP contribution is 2.16. The summed E-state index contributed by atoms with van der Waals surface area (Å²) in [5.41, 5.74) is 1.62. The highest BCUT2D eigenvalue weighted by molar-refractivity contribution is 5.28. The lowest BCUT2D eigenvalue weighted by molar-refractivity contribution is 0.177. The summed E-state index contributed by atoms with van der Waals surface area (Å²) in [5.74, 6) is 0.436. The first-order valence-corrected chi connectivity index (χ1v) is 7.71. The largest absolute Gasteiger partial charge is 0.508 e. The van der Waals surface area contributed by atoms with E-state index in [-0.39, 0.29) is 11.5 Å². The van der Waals surface area contributed by atoms with E-state index in [1.54, 1.807) is 62.6 Å². The zero-order chi connectivity index (χ0) is 17.9. The fourth-order valence-corrected chi connectivity index (χ4v) is 2.02. The number of phenols is 2. The first-order valence-electron chi connectivity index (χ1n) is 7.71. The Morgan fingerprint density at radius 2 is 0.958 bits per heavy atom. The third kappa shape index (κ3) is 6.97. The van der Waals surface area contributed by atoms with Crippen molar-refractivity contribution in [1.82, 2.24) is 10.6 Å². The lowest BCUT2D eigenvalue weighted by Gasteiger charge is -2.09. The number of aliphatic hydroxyl groups excluding tert-OH is 2. The van der Waals surface area contributed by atoms with E-state index in [4.69, 9.17) is 10.2 Å². The molecule has 0 fully saturated rings. The maximum Gasteiger partial charge on any atom is 0.115 e. The molecule has 0 bridgehead atoms. The Labute approximate surface area is 142 Å². The molecule has 0 amide bonds. The molecule has 0 heterocycles. The summed E-state index contributed by atoms with van der Waals surface area (Å²) in [4.78, 5) is 0. The van der Waals surface area contributed by atoms with E-state index in [9.17, 15) is 10.2 Å². The van der Waals surface area contributed by atoms with Crippen molar-refractivity contribution in [2.75, 3.05) is 27.2 Å². The minimum atomic E-state index is -0.504. The standard InChI is InChI=1S/2C9H13NO2/c2*1-10-6-9(12)7-2-4-8(11)5-3-7/h2*2-5,9-12H,6H2,1H3. The van der Waals surface area contributed by atoms with Crippen molar-refractivity contribution < 1.29 is 20.4 Å². The van der Waals surface area contributed by atoms with Crippen LogP contribution in [-0.2, 0) is 0 Å². The second kappa shape index (κ2) is 10.6. The molecule has 0 spiro atoms. The topological polar surface area (TPSA) is 105 Å². The van der Waals surface area contributed by atoms with Gasteiger partial charge in [0.2, 0.25) is 0 Å². The lowest BCUT2D eigenvalue weighted by atomic mass is 10.1. The summed E-state index contributed by atoms with van der Waals surface area (Å²) in [6.45, 7) is 1.04. The Bertz CT molecular complexity index is 519. The molecule has 2 rings (SSSR count). The number of phenolic OH excluding ortho intramolecular Hbond substituents is 2. The Balaban J connectivity index is 0.000000240. The van der Waals surface area contributed by atoms with E-state index in [2.05, 4.69) is 10.6 Å². The summed E-state index contributed by atoms with van der Waals surface area (Å²) < 4.78 is 0. The number of nitrogens with one attached hydrogen (secondary N) is 2. The van der Waals surface area contributed by atoms with Gasteiger partial charge in [-0.05, 0) is 49.5 Å². The first kappa shape index (κ1) is 19.9. The van der Waals surface area contributed by atoms with Gasteiger partial charge in [0, 0.05) is 13.1 Å². The Kier molecular flexibility index (Phi) is 8.81. The van der Waals surface area contributed by atoms with Crippen molar-refractivity contribution in [2.45, 2.75) is 12.2 Å². The normalized spacial score (nSPS) is 12.8. The maximum atomic E-state index is 9.47. The van der Waals surface area contributed by atoms with Crippen LogP contribution < -0.4 is 10.6 Å². The van der Waals surface area contributed by atoms with Crippen molar-refractivity contribution >= 4 is 0 Å². The molecule has 0 aliphatic carbocycles. The number of benzene rings is 2. The van der Waals surface area contributed by atoms with Crippen LogP contribution >= 0.6 is 0 Å². The second-order valence-electron chi connectivity index (χ2n) is 5.33. The number of hydrogen-bond acceptors (Lipinski definition) is 6. The summed E-state index contributed by atoms with van der Waals surface area (Å²) in [7, 11) is 3.56. The van der Waals surface area contributed by atoms with Crippen LogP contribution in [-0.4, -0.2) is 47.6 Å². The number of hydrogen-bond donors (Lipinski definition) is 6. The van der Waals surface area contributed by atoms with Crippen molar-refractivity contribution in [2.24, 2.45) is 0 Å². The highest BCUT2D eigenvalue weighted by Gasteiger charge is 2.05. The van der Waals surface area contributed by atoms with Gasteiger partial charge in [0.25, 0.3) is 0 Å². The predicted octanol–water partition coefficient (Wildman–Crippen LogP) is 1.29. The van der Waals surface area contributed by atoms with Gasteiger partial charge in [-0.1, -0.05) is 24.3 Å². The summed E-state index contributed by atoms with van der Waals surface area (Å²) in [6.07, 6.45) is -1.01. The van der Waals surface area contributed by atoms with Gasteiger partial charge in [0.1, 0.15) is 11.5 Å². The van der Waals surface area contributed by atoms with Gasteiger partial charge in [0.05, 0.1) is 12.2 Å². The van der Waals surface area contributed by atoms with Gasteiger partial charge < -0.3 is 31.1 Å². The molecule has 2 aromatic carbocycles.